The number of carbonyl (C=O) groups is 1. The van der Waals surface area contributed by atoms with E-state index in [1.165, 1.54) is 18.2 Å². The lowest BCUT2D eigenvalue weighted by atomic mass is 10.2. The van der Waals surface area contributed by atoms with Crippen molar-refractivity contribution in [3.8, 4) is 11.5 Å². The summed E-state index contributed by atoms with van der Waals surface area (Å²) in [5, 5.41) is 0. The van der Waals surface area contributed by atoms with E-state index in [0.29, 0.717) is 0 Å². The van der Waals surface area contributed by atoms with E-state index in [-0.39, 0.29) is 23.7 Å². The smallest absolute Gasteiger partial charge is 0.387 e. The maximum atomic E-state index is 12.0. The summed E-state index contributed by atoms with van der Waals surface area (Å²) >= 11 is 0. The number of carbonyl (C=O) groups excluding carboxylic acids is 1. The van der Waals surface area contributed by atoms with Crippen molar-refractivity contribution < 1.29 is 23.0 Å². The first-order chi connectivity index (χ1) is 7.54. The number of amides is 1. The van der Waals surface area contributed by atoms with Crippen molar-refractivity contribution in [2.75, 3.05) is 6.61 Å². The van der Waals surface area contributed by atoms with Crippen molar-refractivity contribution in [1.82, 2.24) is 0 Å². The molecule has 2 N–H and O–H groups in total. The molecule has 16 heavy (non-hydrogen) atoms. The van der Waals surface area contributed by atoms with Gasteiger partial charge >= 0.3 is 6.61 Å². The van der Waals surface area contributed by atoms with E-state index in [0.717, 1.165) is 0 Å². The zero-order valence-electron chi connectivity index (χ0n) is 8.57. The maximum absolute atomic E-state index is 12.0. The largest absolute Gasteiger partial charge is 0.490 e. The summed E-state index contributed by atoms with van der Waals surface area (Å²) in [6.07, 6.45) is 0. The molecular formula is C10H11F2NO3. The third kappa shape index (κ3) is 3.08. The van der Waals surface area contributed by atoms with Crippen LogP contribution in [0.4, 0.5) is 8.78 Å². The molecule has 0 aromatic heterocycles. The van der Waals surface area contributed by atoms with Gasteiger partial charge in [-0.15, -0.1) is 0 Å². The minimum atomic E-state index is -2.95. The van der Waals surface area contributed by atoms with Crippen LogP contribution in [0.1, 0.15) is 17.3 Å². The molecule has 4 nitrogen and oxygen atoms in total. The lowest BCUT2D eigenvalue weighted by Crippen LogP contribution is -2.12. The number of primary amides is 1. The average Bonchev–Trinajstić information content (AvgIpc) is 2.20. The lowest BCUT2D eigenvalue weighted by molar-refractivity contribution is -0.0514. The molecular weight excluding hydrogens is 220 g/mol. The second kappa shape index (κ2) is 5.29. The molecule has 1 aromatic carbocycles. The Bertz CT molecular complexity index is 382. The fraction of sp³-hybridized carbons (Fsp3) is 0.300. The summed E-state index contributed by atoms with van der Waals surface area (Å²) in [7, 11) is 0. The molecule has 0 bridgehead atoms. The van der Waals surface area contributed by atoms with Gasteiger partial charge in [0.25, 0.3) is 0 Å². The summed E-state index contributed by atoms with van der Waals surface area (Å²) in [5.41, 5.74) is 5.22. The van der Waals surface area contributed by atoms with E-state index in [2.05, 4.69) is 4.74 Å². The molecule has 0 saturated carbocycles. The monoisotopic (exact) mass is 231 g/mol. The van der Waals surface area contributed by atoms with Crippen LogP contribution >= 0.6 is 0 Å². The highest BCUT2D eigenvalue weighted by atomic mass is 19.3. The second-order valence-electron chi connectivity index (χ2n) is 2.84. The van der Waals surface area contributed by atoms with Gasteiger partial charge in [-0.1, -0.05) is 0 Å². The molecule has 0 fully saturated rings. The zero-order chi connectivity index (χ0) is 12.1. The fourth-order valence-electron chi connectivity index (χ4n) is 1.12. The summed E-state index contributed by atoms with van der Waals surface area (Å²) in [5.74, 6) is -0.717. The van der Waals surface area contributed by atoms with Gasteiger partial charge in [0.2, 0.25) is 5.91 Å². The molecule has 0 spiro atoms. The van der Waals surface area contributed by atoms with Gasteiger partial charge in [0.1, 0.15) is 0 Å². The number of benzene rings is 1. The number of alkyl halides is 2. The van der Waals surface area contributed by atoms with Gasteiger partial charge in [-0.05, 0) is 25.1 Å². The molecule has 1 aromatic rings. The van der Waals surface area contributed by atoms with Crippen molar-refractivity contribution in [3.05, 3.63) is 23.8 Å². The normalized spacial score (nSPS) is 10.2. The van der Waals surface area contributed by atoms with Crippen molar-refractivity contribution in [1.29, 1.82) is 0 Å². The average molecular weight is 231 g/mol. The van der Waals surface area contributed by atoms with Gasteiger partial charge < -0.3 is 15.2 Å². The van der Waals surface area contributed by atoms with E-state index >= 15 is 0 Å². The topological polar surface area (TPSA) is 61.5 Å². The van der Waals surface area contributed by atoms with Crippen LogP contribution in [0, 0.1) is 0 Å². The van der Waals surface area contributed by atoms with Crippen LogP contribution in [0.15, 0.2) is 18.2 Å². The number of hydrogen-bond donors (Lipinski definition) is 1. The Kier molecular flexibility index (Phi) is 4.04. The Labute approximate surface area is 91.0 Å². The van der Waals surface area contributed by atoms with Crippen molar-refractivity contribution in [3.63, 3.8) is 0 Å². The minimum absolute atomic E-state index is 0.0686. The van der Waals surface area contributed by atoms with Crippen LogP contribution in [0.2, 0.25) is 0 Å². The Hall–Kier alpha value is -1.85. The SMILES string of the molecule is CCOc1cc(C(N)=O)ccc1OC(F)F. The molecule has 0 aliphatic carbocycles. The predicted octanol–water partition coefficient (Wildman–Crippen LogP) is 1.79. The third-order valence-corrected chi connectivity index (χ3v) is 1.74. The molecule has 0 heterocycles. The summed E-state index contributed by atoms with van der Waals surface area (Å²) < 4.78 is 33.3. The Morgan fingerprint density at radius 3 is 2.62 bits per heavy atom. The van der Waals surface area contributed by atoms with E-state index in [1.807, 2.05) is 0 Å². The molecule has 0 unspecified atom stereocenters. The van der Waals surface area contributed by atoms with Gasteiger partial charge in [-0.25, -0.2) is 0 Å². The molecule has 88 valence electrons. The van der Waals surface area contributed by atoms with E-state index in [4.69, 9.17) is 10.5 Å². The van der Waals surface area contributed by atoms with Crippen LogP contribution < -0.4 is 15.2 Å². The number of hydrogen-bond acceptors (Lipinski definition) is 3. The van der Waals surface area contributed by atoms with Gasteiger partial charge in [0.15, 0.2) is 11.5 Å². The van der Waals surface area contributed by atoms with Crippen molar-refractivity contribution in [2.24, 2.45) is 5.73 Å². The van der Waals surface area contributed by atoms with Crippen LogP contribution in [-0.4, -0.2) is 19.1 Å². The Morgan fingerprint density at radius 1 is 1.44 bits per heavy atom. The van der Waals surface area contributed by atoms with E-state index in [9.17, 15) is 13.6 Å². The first-order valence-corrected chi connectivity index (χ1v) is 4.56. The Morgan fingerprint density at radius 2 is 2.12 bits per heavy atom. The number of halogens is 2. The number of rotatable bonds is 5. The summed E-state index contributed by atoms with van der Waals surface area (Å²) in [6, 6.07) is 3.78. The first kappa shape index (κ1) is 12.2. The number of nitrogens with two attached hydrogens (primary N) is 1. The van der Waals surface area contributed by atoms with Crippen molar-refractivity contribution >= 4 is 5.91 Å². The third-order valence-electron chi connectivity index (χ3n) is 1.74. The molecule has 0 atom stereocenters. The highest BCUT2D eigenvalue weighted by Crippen LogP contribution is 2.29. The predicted molar refractivity (Wildman–Crippen MR) is 52.8 cm³/mol. The standard InChI is InChI=1S/C10H11F2NO3/c1-2-15-8-5-6(9(13)14)3-4-7(8)16-10(11)12/h3-5,10H,2H2,1H3,(H2,13,14). The quantitative estimate of drug-likeness (QED) is 0.840. The molecule has 6 heteroatoms. The molecule has 0 aliphatic heterocycles. The molecule has 1 amide bonds. The van der Waals surface area contributed by atoms with Crippen LogP contribution in [-0.2, 0) is 0 Å². The number of ether oxygens (including phenoxy) is 2. The molecule has 0 radical (unpaired) electrons. The lowest BCUT2D eigenvalue weighted by Gasteiger charge is -2.11. The van der Waals surface area contributed by atoms with Gasteiger partial charge in [0.05, 0.1) is 6.61 Å². The second-order valence-corrected chi connectivity index (χ2v) is 2.84. The molecule has 0 aliphatic rings. The van der Waals surface area contributed by atoms with Crippen LogP contribution in [0.25, 0.3) is 0 Å². The molecule has 1 rings (SSSR count). The summed E-state index contributed by atoms with van der Waals surface area (Å²) in [4.78, 5) is 10.9. The van der Waals surface area contributed by atoms with Crippen LogP contribution in [0.3, 0.4) is 0 Å². The minimum Gasteiger partial charge on any atom is -0.490 e. The van der Waals surface area contributed by atoms with E-state index in [1.54, 1.807) is 6.92 Å². The van der Waals surface area contributed by atoms with Gasteiger partial charge in [-0.2, -0.15) is 8.78 Å². The maximum Gasteiger partial charge on any atom is 0.387 e. The fourth-order valence-corrected chi connectivity index (χ4v) is 1.12. The van der Waals surface area contributed by atoms with E-state index < -0.39 is 12.5 Å². The highest BCUT2D eigenvalue weighted by molar-refractivity contribution is 5.93. The van der Waals surface area contributed by atoms with Gasteiger partial charge in [0, 0.05) is 5.56 Å². The molecule has 0 saturated heterocycles. The van der Waals surface area contributed by atoms with Crippen molar-refractivity contribution in [2.45, 2.75) is 13.5 Å². The highest BCUT2D eigenvalue weighted by Gasteiger charge is 2.12. The zero-order valence-corrected chi connectivity index (χ0v) is 8.57. The first-order valence-electron chi connectivity index (χ1n) is 4.56. The Balaban J connectivity index is 3.03. The summed E-state index contributed by atoms with van der Waals surface area (Å²) in [6.45, 7) is -0.996. The van der Waals surface area contributed by atoms with Gasteiger partial charge in [-0.3, -0.25) is 4.79 Å². The van der Waals surface area contributed by atoms with Crippen LogP contribution in [0.5, 0.6) is 11.5 Å².